The lowest BCUT2D eigenvalue weighted by Gasteiger charge is -2.25. The summed E-state index contributed by atoms with van der Waals surface area (Å²) in [4.78, 5) is 77.0. The van der Waals surface area contributed by atoms with Crippen LogP contribution in [0.25, 0.3) is 0 Å². The molecule has 0 aliphatic carbocycles. The van der Waals surface area contributed by atoms with Gasteiger partial charge in [-0.1, -0.05) is 26.0 Å². The Hall–Kier alpha value is -4.54. The van der Waals surface area contributed by atoms with E-state index in [9.17, 15) is 28.8 Å². The molecule has 1 aromatic carbocycles. The largest absolute Gasteiger partial charge is 0.445 e. The molecule has 1 aromatic rings. The van der Waals surface area contributed by atoms with E-state index in [2.05, 4.69) is 21.3 Å². The highest BCUT2D eigenvalue weighted by Gasteiger charge is 2.29. The zero-order valence-electron chi connectivity index (χ0n) is 36.1. The number of rotatable bonds is 35. The Bertz CT molecular complexity index is 1460. The topological polar surface area (TPSA) is 248 Å². The summed E-state index contributed by atoms with van der Waals surface area (Å²) in [6, 6.07) is 5.06. The summed E-state index contributed by atoms with van der Waals surface area (Å²) in [5.41, 5.74) is 6.94. The van der Waals surface area contributed by atoms with E-state index in [1.807, 2.05) is 0 Å². The molecule has 2 atom stereocenters. The van der Waals surface area contributed by atoms with Gasteiger partial charge in [0.15, 0.2) is 0 Å². The number of carbonyl (C=O) groups is 6. The Morgan fingerprint density at radius 3 is 1.77 bits per heavy atom. The average molecular weight is 866 g/mol. The summed E-state index contributed by atoms with van der Waals surface area (Å²) < 4.78 is 38.1. The lowest BCUT2D eigenvalue weighted by Crippen LogP contribution is -2.54. The van der Waals surface area contributed by atoms with Crippen molar-refractivity contribution in [3.05, 3.63) is 42.0 Å². The summed E-state index contributed by atoms with van der Waals surface area (Å²) >= 11 is 0. The van der Waals surface area contributed by atoms with Crippen molar-refractivity contribution in [2.24, 2.45) is 11.7 Å². The first-order valence-corrected chi connectivity index (χ1v) is 20.7. The van der Waals surface area contributed by atoms with Gasteiger partial charge in [0.2, 0.25) is 17.7 Å². The fourth-order valence-electron chi connectivity index (χ4n) is 5.35. The van der Waals surface area contributed by atoms with Crippen LogP contribution in [0, 0.1) is 5.92 Å². The monoisotopic (exact) mass is 865 g/mol. The van der Waals surface area contributed by atoms with Gasteiger partial charge in [-0.2, -0.15) is 0 Å². The number of anilines is 1. The van der Waals surface area contributed by atoms with Gasteiger partial charge in [0.05, 0.1) is 85.8 Å². The minimum atomic E-state index is -0.895. The number of nitrogens with one attached hydrogen (secondary N) is 4. The van der Waals surface area contributed by atoms with Crippen molar-refractivity contribution >= 4 is 41.3 Å². The zero-order valence-corrected chi connectivity index (χ0v) is 36.1. The van der Waals surface area contributed by atoms with Gasteiger partial charge in [-0.25, -0.2) is 4.79 Å². The predicted molar refractivity (Wildman–Crippen MR) is 224 cm³/mol. The van der Waals surface area contributed by atoms with Crippen molar-refractivity contribution in [3.8, 4) is 0 Å². The highest BCUT2D eigenvalue weighted by Crippen LogP contribution is 2.13. The van der Waals surface area contributed by atoms with Crippen molar-refractivity contribution in [2.75, 3.05) is 125 Å². The van der Waals surface area contributed by atoms with Crippen molar-refractivity contribution in [1.29, 1.82) is 0 Å². The Morgan fingerprint density at radius 1 is 0.738 bits per heavy atom. The molecule has 0 radical (unpaired) electrons. The van der Waals surface area contributed by atoms with Gasteiger partial charge in [-0.15, -0.1) is 0 Å². The molecule has 1 aliphatic rings. The highest BCUT2D eigenvalue weighted by molar-refractivity contribution is 6.12. The van der Waals surface area contributed by atoms with Gasteiger partial charge in [0.25, 0.3) is 11.8 Å². The first kappa shape index (κ1) is 52.6. The molecule has 61 heavy (non-hydrogen) atoms. The Labute approximate surface area is 358 Å². The Kier molecular flexibility index (Phi) is 27.8. The molecule has 0 spiro atoms. The lowest BCUT2D eigenvalue weighted by atomic mass is 10.0. The van der Waals surface area contributed by atoms with E-state index in [1.54, 1.807) is 52.2 Å². The molecule has 2 rings (SSSR count). The smallest absolute Gasteiger partial charge is 0.409 e. The van der Waals surface area contributed by atoms with E-state index in [0.29, 0.717) is 97.6 Å². The first-order valence-electron chi connectivity index (χ1n) is 20.7. The number of likely N-dealkylation sites (N-methyl/N-ethyl adjacent to an activating group) is 2. The van der Waals surface area contributed by atoms with E-state index < -0.39 is 30.0 Å². The molecule has 344 valence electrons. The molecule has 20 nitrogen and oxygen atoms in total. The first-order chi connectivity index (χ1) is 29.5. The van der Waals surface area contributed by atoms with Crippen LogP contribution in [0.5, 0.6) is 0 Å². The molecule has 0 saturated carbocycles. The van der Waals surface area contributed by atoms with Crippen LogP contribution in [0.2, 0.25) is 0 Å². The molecule has 0 saturated heterocycles. The fraction of sp³-hybridized carbons (Fsp3) is 0.659. The molecule has 1 heterocycles. The quantitative estimate of drug-likeness (QED) is 0.0452. The third-order valence-electron chi connectivity index (χ3n) is 8.88. The molecular weight excluding hydrogens is 798 g/mol. The average Bonchev–Trinajstić information content (AvgIpc) is 3.57. The highest BCUT2D eigenvalue weighted by atomic mass is 16.6. The Balaban J connectivity index is 1.54. The molecule has 2 unspecified atom stereocenters. The fourth-order valence-corrected chi connectivity index (χ4v) is 5.35. The van der Waals surface area contributed by atoms with Crippen molar-refractivity contribution < 1.29 is 61.9 Å². The van der Waals surface area contributed by atoms with Crippen LogP contribution in [0.3, 0.4) is 0 Å². The van der Waals surface area contributed by atoms with E-state index in [4.69, 9.17) is 38.9 Å². The SMILES string of the molecule is CNCCN(C)C(=O)OCc1ccc(NC(=O)C(CCCN)NC(=O)C(NC(=O)CCOCCOCCOCCOCCOCCOCCN2C(=O)C=CC2=O)C(C)C)cc1. The van der Waals surface area contributed by atoms with Crippen LogP contribution in [0.4, 0.5) is 10.5 Å². The van der Waals surface area contributed by atoms with Crippen molar-refractivity contribution in [2.45, 2.75) is 51.8 Å². The van der Waals surface area contributed by atoms with E-state index in [0.717, 1.165) is 10.5 Å². The van der Waals surface area contributed by atoms with Gasteiger partial charge < -0.3 is 65.1 Å². The van der Waals surface area contributed by atoms with Crippen LogP contribution >= 0.6 is 0 Å². The van der Waals surface area contributed by atoms with Gasteiger partial charge in [0.1, 0.15) is 18.7 Å². The van der Waals surface area contributed by atoms with Crippen LogP contribution in [-0.4, -0.2) is 177 Å². The summed E-state index contributed by atoms with van der Waals surface area (Å²) in [6.45, 7) is 9.34. The summed E-state index contributed by atoms with van der Waals surface area (Å²) in [6.07, 6.45) is 2.85. The van der Waals surface area contributed by atoms with Gasteiger partial charge >= 0.3 is 6.09 Å². The normalized spacial score (nSPS) is 13.4. The summed E-state index contributed by atoms with van der Waals surface area (Å²) in [5, 5.41) is 11.3. The van der Waals surface area contributed by atoms with Crippen molar-refractivity contribution in [1.82, 2.24) is 25.8 Å². The second kappa shape index (κ2) is 32.2. The number of nitrogens with two attached hydrogens (primary N) is 1. The van der Waals surface area contributed by atoms with E-state index in [1.165, 1.54) is 17.1 Å². The molecule has 1 aliphatic heterocycles. The third kappa shape index (κ3) is 23.3. The number of benzene rings is 1. The third-order valence-corrected chi connectivity index (χ3v) is 8.88. The molecule has 0 aromatic heterocycles. The number of imide groups is 1. The number of hydrogen-bond donors (Lipinski definition) is 5. The van der Waals surface area contributed by atoms with Gasteiger partial charge in [-0.05, 0) is 50.0 Å². The lowest BCUT2D eigenvalue weighted by molar-refractivity contribution is -0.137. The van der Waals surface area contributed by atoms with Gasteiger partial charge in [-0.3, -0.25) is 28.9 Å². The second-order valence-electron chi connectivity index (χ2n) is 14.1. The number of ether oxygens (including phenoxy) is 7. The molecule has 6 N–H and O–H groups in total. The maximum atomic E-state index is 13.3. The summed E-state index contributed by atoms with van der Waals surface area (Å²) in [5.74, 6) is -2.21. The number of nitrogens with zero attached hydrogens (tertiary/aromatic N) is 2. The molecule has 0 fully saturated rings. The van der Waals surface area contributed by atoms with E-state index in [-0.39, 0.29) is 63.0 Å². The van der Waals surface area contributed by atoms with Crippen LogP contribution in [-0.2, 0) is 63.7 Å². The summed E-state index contributed by atoms with van der Waals surface area (Å²) in [7, 11) is 3.46. The predicted octanol–water partition coefficient (Wildman–Crippen LogP) is 0.192. The van der Waals surface area contributed by atoms with Gasteiger partial charge in [0, 0.05) is 44.4 Å². The number of carbonyl (C=O) groups excluding carboxylic acids is 6. The maximum absolute atomic E-state index is 13.3. The number of hydrogen-bond acceptors (Lipinski definition) is 15. The standard InChI is InChI=1S/C41H67N7O13/c1-31(2)38(40(53)45-34(6-5-14-42)39(52)44-33-9-7-32(8-10-33)30-61-41(54)47(4)16-15-43-3)46-35(49)13-18-55-20-22-57-24-26-59-28-29-60-27-25-58-23-21-56-19-17-48-36(50)11-12-37(48)51/h7-12,31,34,38,43H,5-6,13-30,42H2,1-4H3,(H,44,52)(H,45,53)(H,46,49). The number of amides is 6. The molecule has 0 bridgehead atoms. The zero-order chi connectivity index (χ0) is 44.7. The maximum Gasteiger partial charge on any atom is 0.409 e. The minimum Gasteiger partial charge on any atom is -0.445 e. The van der Waals surface area contributed by atoms with E-state index >= 15 is 0 Å². The van der Waals surface area contributed by atoms with Crippen molar-refractivity contribution in [3.63, 3.8) is 0 Å². The second-order valence-corrected chi connectivity index (χ2v) is 14.1. The van der Waals surface area contributed by atoms with Crippen LogP contribution in [0.15, 0.2) is 36.4 Å². The Morgan fingerprint density at radius 2 is 1.26 bits per heavy atom. The van der Waals surface area contributed by atoms with Crippen LogP contribution in [0.1, 0.15) is 38.7 Å². The molecular formula is C41H67N7O13. The van der Waals surface area contributed by atoms with Crippen LogP contribution < -0.4 is 27.0 Å². The minimum absolute atomic E-state index is 0.0288. The molecule has 20 heteroatoms. The molecule has 6 amide bonds.